The fraction of sp³-hybridized carbons (Fsp3) is 1.00. The third kappa shape index (κ3) is 3.33. The van der Waals surface area contributed by atoms with Crippen LogP contribution in [-0.4, -0.2) is 35.9 Å². The Bertz CT molecular complexity index is 119. The van der Waals surface area contributed by atoms with E-state index in [1.807, 2.05) is 11.8 Å². The summed E-state index contributed by atoms with van der Waals surface area (Å²) in [5, 5.41) is 10.1. The largest absolute Gasteiger partial charge is 0.392 e. The van der Waals surface area contributed by atoms with Crippen LogP contribution in [0.2, 0.25) is 0 Å². The standard InChI is InChI=1S/C9H18O2S/c1-11-6-7-12-9-5-3-2-4-8(9)10/h8-10H,2-7H2,1H3. The van der Waals surface area contributed by atoms with Gasteiger partial charge in [-0.3, -0.25) is 0 Å². The first kappa shape index (κ1) is 10.4. The van der Waals surface area contributed by atoms with E-state index in [9.17, 15) is 5.11 Å². The second-order valence-electron chi connectivity index (χ2n) is 3.25. The normalized spacial score (nSPS) is 30.5. The van der Waals surface area contributed by atoms with Gasteiger partial charge in [0.05, 0.1) is 12.7 Å². The molecule has 3 heteroatoms. The Morgan fingerprint density at radius 3 is 2.83 bits per heavy atom. The van der Waals surface area contributed by atoms with Crippen molar-refractivity contribution in [3.8, 4) is 0 Å². The Balaban J connectivity index is 2.11. The molecule has 0 aliphatic heterocycles. The Hall–Kier alpha value is 0.270. The number of hydrogen-bond acceptors (Lipinski definition) is 3. The molecule has 0 amide bonds. The maximum absolute atomic E-state index is 9.61. The van der Waals surface area contributed by atoms with Crippen LogP contribution in [0.4, 0.5) is 0 Å². The first-order chi connectivity index (χ1) is 5.84. The third-order valence-electron chi connectivity index (χ3n) is 2.29. The van der Waals surface area contributed by atoms with Crippen molar-refractivity contribution in [1.29, 1.82) is 0 Å². The van der Waals surface area contributed by atoms with Gasteiger partial charge in [-0.25, -0.2) is 0 Å². The zero-order valence-electron chi connectivity index (χ0n) is 7.66. The Morgan fingerprint density at radius 1 is 1.42 bits per heavy atom. The first-order valence-corrected chi connectivity index (χ1v) is 5.68. The molecule has 0 radical (unpaired) electrons. The van der Waals surface area contributed by atoms with Crippen molar-refractivity contribution >= 4 is 11.8 Å². The van der Waals surface area contributed by atoms with Crippen LogP contribution in [0.1, 0.15) is 25.7 Å². The molecule has 0 aromatic heterocycles. The van der Waals surface area contributed by atoms with E-state index in [0.717, 1.165) is 18.8 Å². The number of ether oxygens (including phenoxy) is 1. The summed E-state index contributed by atoms with van der Waals surface area (Å²) in [5.74, 6) is 1.01. The van der Waals surface area contributed by atoms with E-state index in [4.69, 9.17) is 4.74 Å². The van der Waals surface area contributed by atoms with Crippen LogP contribution < -0.4 is 0 Å². The van der Waals surface area contributed by atoms with E-state index in [2.05, 4.69) is 0 Å². The first-order valence-electron chi connectivity index (χ1n) is 4.63. The molecule has 0 aromatic carbocycles. The number of thioether (sulfide) groups is 1. The highest BCUT2D eigenvalue weighted by Crippen LogP contribution is 2.28. The van der Waals surface area contributed by atoms with Gasteiger partial charge in [0.1, 0.15) is 0 Å². The van der Waals surface area contributed by atoms with Crippen LogP contribution >= 0.6 is 11.8 Å². The lowest BCUT2D eigenvalue weighted by Gasteiger charge is -2.26. The van der Waals surface area contributed by atoms with Gasteiger partial charge in [0.25, 0.3) is 0 Å². The minimum absolute atomic E-state index is 0.0689. The van der Waals surface area contributed by atoms with Crippen LogP contribution in [0.15, 0.2) is 0 Å². The average Bonchev–Trinajstić information content (AvgIpc) is 2.09. The van der Waals surface area contributed by atoms with Gasteiger partial charge in [-0.05, 0) is 12.8 Å². The monoisotopic (exact) mass is 190 g/mol. The maximum Gasteiger partial charge on any atom is 0.0658 e. The number of aliphatic hydroxyl groups is 1. The van der Waals surface area contributed by atoms with E-state index >= 15 is 0 Å². The summed E-state index contributed by atoms with van der Waals surface area (Å²) in [5.41, 5.74) is 0. The minimum atomic E-state index is -0.0689. The number of rotatable bonds is 4. The molecule has 12 heavy (non-hydrogen) atoms. The smallest absolute Gasteiger partial charge is 0.0658 e. The molecule has 2 nitrogen and oxygen atoms in total. The van der Waals surface area contributed by atoms with E-state index in [0.29, 0.717) is 5.25 Å². The summed E-state index contributed by atoms with van der Waals surface area (Å²) < 4.78 is 4.97. The zero-order chi connectivity index (χ0) is 8.81. The lowest BCUT2D eigenvalue weighted by molar-refractivity contribution is 0.136. The van der Waals surface area contributed by atoms with Gasteiger partial charge >= 0.3 is 0 Å². The summed E-state index contributed by atoms with van der Waals surface area (Å²) in [6, 6.07) is 0. The van der Waals surface area contributed by atoms with Gasteiger partial charge < -0.3 is 9.84 Å². The summed E-state index contributed by atoms with van der Waals surface area (Å²) in [6.45, 7) is 0.799. The Labute approximate surface area is 78.7 Å². The fourth-order valence-corrected chi connectivity index (χ4v) is 2.81. The number of hydrogen-bond donors (Lipinski definition) is 1. The Kier molecular flexibility index (Phi) is 5.04. The van der Waals surface area contributed by atoms with E-state index < -0.39 is 0 Å². The van der Waals surface area contributed by atoms with Gasteiger partial charge in [0.2, 0.25) is 0 Å². The molecule has 72 valence electrons. The molecule has 0 bridgehead atoms. The molecule has 0 saturated heterocycles. The van der Waals surface area contributed by atoms with Crippen molar-refractivity contribution in [2.45, 2.75) is 37.0 Å². The minimum Gasteiger partial charge on any atom is -0.392 e. The fourth-order valence-electron chi connectivity index (χ4n) is 1.55. The lowest BCUT2D eigenvalue weighted by Crippen LogP contribution is -2.27. The summed E-state index contributed by atoms with van der Waals surface area (Å²) in [4.78, 5) is 0. The highest BCUT2D eigenvalue weighted by Gasteiger charge is 2.22. The van der Waals surface area contributed by atoms with Gasteiger partial charge in [0, 0.05) is 18.1 Å². The molecule has 1 rings (SSSR count). The van der Waals surface area contributed by atoms with Crippen LogP contribution in [0, 0.1) is 0 Å². The molecule has 0 aromatic rings. The van der Waals surface area contributed by atoms with E-state index in [-0.39, 0.29) is 6.10 Å². The number of methoxy groups -OCH3 is 1. The summed E-state index contributed by atoms with van der Waals surface area (Å²) >= 11 is 1.86. The van der Waals surface area contributed by atoms with E-state index in [1.165, 1.54) is 19.3 Å². The van der Waals surface area contributed by atoms with Gasteiger partial charge in [0.15, 0.2) is 0 Å². The number of aliphatic hydroxyl groups excluding tert-OH is 1. The molecule has 0 spiro atoms. The topological polar surface area (TPSA) is 29.5 Å². The molecule has 1 aliphatic rings. The van der Waals surface area contributed by atoms with Crippen molar-refractivity contribution in [2.24, 2.45) is 0 Å². The SMILES string of the molecule is COCCSC1CCCCC1O. The van der Waals surface area contributed by atoms with Gasteiger partial charge in [-0.2, -0.15) is 11.8 Å². The van der Waals surface area contributed by atoms with Gasteiger partial charge in [-0.1, -0.05) is 12.8 Å². The van der Waals surface area contributed by atoms with Crippen LogP contribution in [0.5, 0.6) is 0 Å². The molecular weight excluding hydrogens is 172 g/mol. The maximum atomic E-state index is 9.61. The summed E-state index contributed by atoms with van der Waals surface area (Å²) in [7, 11) is 1.72. The Morgan fingerprint density at radius 2 is 2.17 bits per heavy atom. The molecule has 1 aliphatic carbocycles. The predicted octanol–water partition coefficient (Wildman–Crippen LogP) is 1.67. The summed E-state index contributed by atoms with van der Waals surface area (Å²) in [6.07, 6.45) is 4.57. The van der Waals surface area contributed by atoms with Crippen molar-refractivity contribution < 1.29 is 9.84 Å². The average molecular weight is 190 g/mol. The van der Waals surface area contributed by atoms with Crippen LogP contribution in [-0.2, 0) is 4.74 Å². The van der Waals surface area contributed by atoms with Crippen molar-refractivity contribution in [2.75, 3.05) is 19.5 Å². The molecule has 1 N–H and O–H groups in total. The predicted molar refractivity (Wildman–Crippen MR) is 52.6 cm³/mol. The third-order valence-corrected chi connectivity index (χ3v) is 3.67. The van der Waals surface area contributed by atoms with Crippen molar-refractivity contribution in [3.63, 3.8) is 0 Å². The molecule has 0 heterocycles. The van der Waals surface area contributed by atoms with E-state index in [1.54, 1.807) is 7.11 Å². The molecule has 2 unspecified atom stereocenters. The quantitative estimate of drug-likeness (QED) is 0.684. The van der Waals surface area contributed by atoms with Crippen molar-refractivity contribution in [1.82, 2.24) is 0 Å². The van der Waals surface area contributed by atoms with Crippen LogP contribution in [0.25, 0.3) is 0 Å². The molecular formula is C9H18O2S. The second-order valence-corrected chi connectivity index (χ2v) is 4.60. The van der Waals surface area contributed by atoms with Crippen LogP contribution in [0.3, 0.4) is 0 Å². The molecule has 1 fully saturated rings. The molecule has 1 saturated carbocycles. The van der Waals surface area contributed by atoms with Gasteiger partial charge in [-0.15, -0.1) is 0 Å². The lowest BCUT2D eigenvalue weighted by atomic mass is 9.97. The highest BCUT2D eigenvalue weighted by atomic mass is 32.2. The van der Waals surface area contributed by atoms with Crippen molar-refractivity contribution in [3.05, 3.63) is 0 Å². The molecule has 2 atom stereocenters. The second kappa shape index (κ2) is 5.84. The zero-order valence-corrected chi connectivity index (χ0v) is 8.48. The highest BCUT2D eigenvalue weighted by molar-refractivity contribution is 7.99.